The average Bonchev–Trinajstić information content (AvgIpc) is 2.46. The quantitative estimate of drug-likeness (QED) is 0.634. The van der Waals surface area contributed by atoms with E-state index in [1.54, 1.807) is 0 Å². The zero-order valence-corrected chi connectivity index (χ0v) is 13.9. The van der Waals surface area contributed by atoms with Gasteiger partial charge in [0.15, 0.2) is 0 Å². The Kier molecular flexibility index (Phi) is 4.03. The van der Waals surface area contributed by atoms with E-state index >= 15 is 0 Å². The molecule has 0 aliphatic heterocycles. The molecule has 0 amide bonds. The number of aryl methyl sites for hydroxylation is 2. The standard InChI is InChI=1S/C18H15BrO3/c1-11-3-5-16-14(7-11)13(9-18(20)22-16)10-21-17-6-4-12(2)8-15(17)19/h3-9H,10H2,1-2H3. The SMILES string of the molecule is Cc1ccc(OCc2cc(=O)oc3ccc(C)cc23)c(Br)c1. The Bertz CT molecular complexity index is 896. The number of benzene rings is 2. The highest BCUT2D eigenvalue weighted by Gasteiger charge is 2.08. The Morgan fingerprint density at radius 2 is 1.77 bits per heavy atom. The van der Waals surface area contributed by atoms with Crippen LogP contribution in [0.3, 0.4) is 0 Å². The van der Waals surface area contributed by atoms with E-state index in [1.165, 1.54) is 6.07 Å². The van der Waals surface area contributed by atoms with Crippen molar-refractivity contribution in [2.24, 2.45) is 0 Å². The minimum Gasteiger partial charge on any atom is -0.488 e. The van der Waals surface area contributed by atoms with Crippen molar-refractivity contribution < 1.29 is 9.15 Å². The molecule has 3 aromatic rings. The van der Waals surface area contributed by atoms with Crippen LogP contribution in [-0.2, 0) is 6.61 Å². The summed E-state index contributed by atoms with van der Waals surface area (Å²) in [5.41, 5.74) is 3.31. The molecule has 3 rings (SSSR count). The summed E-state index contributed by atoms with van der Waals surface area (Å²) in [5, 5.41) is 0.905. The third kappa shape index (κ3) is 3.07. The second kappa shape index (κ2) is 5.97. The summed E-state index contributed by atoms with van der Waals surface area (Å²) in [6, 6.07) is 13.1. The van der Waals surface area contributed by atoms with Crippen LogP contribution in [0.2, 0.25) is 0 Å². The van der Waals surface area contributed by atoms with Crippen LogP contribution in [0.4, 0.5) is 0 Å². The number of rotatable bonds is 3. The van der Waals surface area contributed by atoms with E-state index in [1.807, 2.05) is 50.2 Å². The first kappa shape index (κ1) is 14.9. The van der Waals surface area contributed by atoms with Crippen molar-refractivity contribution in [1.29, 1.82) is 0 Å². The van der Waals surface area contributed by atoms with E-state index in [-0.39, 0.29) is 5.63 Å². The molecule has 1 heterocycles. The molecule has 0 radical (unpaired) electrons. The Morgan fingerprint density at radius 1 is 1.05 bits per heavy atom. The van der Waals surface area contributed by atoms with Gasteiger partial charge in [0.25, 0.3) is 0 Å². The Hall–Kier alpha value is -2.07. The van der Waals surface area contributed by atoms with Crippen molar-refractivity contribution in [3.8, 4) is 5.75 Å². The molecule has 0 N–H and O–H groups in total. The molecule has 0 unspecified atom stereocenters. The first-order valence-corrected chi connectivity index (χ1v) is 7.74. The van der Waals surface area contributed by atoms with Gasteiger partial charge in [-0.1, -0.05) is 17.7 Å². The van der Waals surface area contributed by atoms with E-state index in [0.717, 1.165) is 32.3 Å². The predicted octanol–water partition coefficient (Wildman–Crippen LogP) is 4.75. The van der Waals surface area contributed by atoms with Crippen LogP contribution in [0.5, 0.6) is 5.75 Å². The van der Waals surface area contributed by atoms with Gasteiger partial charge in [0.1, 0.15) is 17.9 Å². The number of hydrogen-bond acceptors (Lipinski definition) is 3. The molecule has 4 heteroatoms. The average molecular weight is 359 g/mol. The van der Waals surface area contributed by atoms with Crippen molar-refractivity contribution in [1.82, 2.24) is 0 Å². The highest BCUT2D eigenvalue weighted by molar-refractivity contribution is 9.10. The number of hydrogen-bond donors (Lipinski definition) is 0. The van der Waals surface area contributed by atoms with Crippen LogP contribution in [0, 0.1) is 13.8 Å². The number of fused-ring (bicyclic) bond motifs is 1. The summed E-state index contributed by atoms with van der Waals surface area (Å²) in [7, 11) is 0. The molecule has 0 spiro atoms. The minimum atomic E-state index is -0.363. The highest BCUT2D eigenvalue weighted by atomic mass is 79.9. The summed E-state index contributed by atoms with van der Waals surface area (Å²) in [5.74, 6) is 0.750. The van der Waals surface area contributed by atoms with E-state index in [0.29, 0.717) is 12.2 Å². The molecule has 0 bridgehead atoms. The van der Waals surface area contributed by atoms with Gasteiger partial charge < -0.3 is 9.15 Å². The Balaban J connectivity index is 1.96. The number of ether oxygens (including phenoxy) is 1. The van der Waals surface area contributed by atoms with Crippen LogP contribution in [0.25, 0.3) is 11.0 Å². The molecule has 0 aliphatic rings. The van der Waals surface area contributed by atoms with Gasteiger partial charge in [0, 0.05) is 17.0 Å². The van der Waals surface area contributed by atoms with Crippen LogP contribution < -0.4 is 10.4 Å². The van der Waals surface area contributed by atoms with Crippen molar-refractivity contribution in [2.45, 2.75) is 20.5 Å². The van der Waals surface area contributed by atoms with Gasteiger partial charge in [-0.25, -0.2) is 4.79 Å². The molecule has 112 valence electrons. The molecule has 0 fully saturated rings. The molecule has 2 aromatic carbocycles. The van der Waals surface area contributed by atoms with Gasteiger partial charge in [0.05, 0.1) is 4.47 Å². The summed E-state index contributed by atoms with van der Waals surface area (Å²) < 4.78 is 12.0. The van der Waals surface area contributed by atoms with Crippen molar-refractivity contribution in [3.63, 3.8) is 0 Å². The predicted molar refractivity (Wildman–Crippen MR) is 90.4 cm³/mol. The lowest BCUT2D eigenvalue weighted by Crippen LogP contribution is -2.04. The Morgan fingerprint density at radius 3 is 2.55 bits per heavy atom. The fourth-order valence-electron chi connectivity index (χ4n) is 2.34. The molecule has 3 nitrogen and oxygen atoms in total. The van der Waals surface area contributed by atoms with Crippen LogP contribution in [0.1, 0.15) is 16.7 Å². The fraction of sp³-hybridized carbons (Fsp3) is 0.167. The summed E-state index contributed by atoms with van der Waals surface area (Å²) in [4.78, 5) is 11.7. The van der Waals surface area contributed by atoms with Gasteiger partial charge in [-0.3, -0.25) is 0 Å². The second-order valence-electron chi connectivity index (χ2n) is 5.31. The van der Waals surface area contributed by atoms with Crippen molar-refractivity contribution in [3.05, 3.63) is 74.0 Å². The van der Waals surface area contributed by atoms with E-state index in [2.05, 4.69) is 15.9 Å². The van der Waals surface area contributed by atoms with Crippen LogP contribution >= 0.6 is 15.9 Å². The largest absolute Gasteiger partial charge is 0.488 e. The summed E-state index contributed by atoms with van der Waals surface area (Å²) in [6.07, 6.45) is 0. The van der Waals surface area contributed by atoms with Crippen molar-refractivity contribution in [2.75, 3.05) is 0 Å². The third-order valence-electron chi connectivity index (χ3n) is 3.45. The van der Waals surface area contributed by atoms with E-state index in [9.17, 15) is 4.79 Å². The van der Waals surface area contributed by atoms with Gasteiger partial charge >= 0.3 is 5.63 Å². The molecule has 22 heavy (non-hydrogen) atoms. The van der Waals surface area contributed by atoms with Crippen LogP contribution in [-0.4, -0.2) is 0 Å². The molecular weight excluding hydrogens is 344 g/mol. The number of halogens is 1. The molecule has 0 atom stereocenters. The monoisotopic (exact) mass is 358 g/mol. The smallest absolute Gasteiger partial charge is 0.336 e. The van der Waals surface area contributed by atoms with E-state index in [4.69, 9.17) is 9.15 Å². The topological polar surface area (TPSA) is 39.4 Å². The lowest BCUT2D eigenvalue weighted by molar-refractivity contribution is 0.304. The maximum absolute atomic E-state index is 11.7. The van der Waals surface area contributed by atoms with Gasteiger partial charge in [-0.05, 0) is 59.6 Å². The lowest BCUT2D eigenvalue weighted by atomic mass is 10.1. The van der Waals surface area contributed by atoms with Crippen molar-refractivity contribution >= 4 is 26.9 Å². The normalized spacial score (nSPS) is 10.9. The molecule has 0 aliphatic carbocycles. The van der Waals surface area contributed by atoms with Crippen LogP contribution in [0.15, 0.2) is 56.1 Å². The Labute approximate surface area is 136 Å². The third-order valence-corrected chi connectivity index (χ3v) is 4.07. The maximum atomic E-state index is 11.7. The van der Waals surface area contributed by atoms with Gasteiger partial charge in [-0.2, -0.15) is 0 Å². The molecular formula is C18H15BrO3. The van der Waals surface area contributed by atoms with Gasteiger partial charge in [0.2, 0.25) is 0 Å². The lowest BCUT2D eigenvalue weighted by Gasteiger charge is -2.10. The zero-order valence-electron chi connectivity index (χ0n) is 12.4. The zero-order chi connectivity index (χ0) is 15.7. The molecule has 0 saturated carbocycles. The first-order valence-electron chi connectivity index (χ1n) is 6.95. The van der Waals surface area contributed by atoms with Gasteiger partial charge in [-0.15, -0.1) is 0 Å². The summed E-state index contributed by atoms with van der Waals surface area (Å²) >= 11 is 3.49. The highest BCUT2D eigenvalue weighted by Crippen LogP contribution is 2.27. The molecule has 1 aromatic heterocycles. The maximum Gasteiger partial charge on any atom is 0.336 e. The first-order chi connectivity index (χ1) is 10.5. The second-order valence-corrected chi connectivity index (χ2v) is 6.17. The summed E-state index contributed by atoms with van der Waals surface area (Å²) in [6.45, 7) is 4.34. The van der Waals surface area contributed by atoms with E-state index < -0.39 is 0 Å². The minimum absolute atomic E-state index is 0.313. The molecule has 0 saturated heterocycles. The fourth-order valence-corrected chi connectivity index (χ4v) is 2.95.